The van der Waals surface area contributed by atoms with Crippen molar-refractivity contribution in [1.29, 1.82) is 0 Å². The van der Waals surface area contributed by atoms with Crippen molar-refractivity contribution in [3.05, 3.63) is 15.9 Å². The number of hydrogen-bond acceptors (Lipinski definition) is 5. The average Bonchev–Trinajstić information content (AvgIpc) is 2.87. The molecule has 1 aliphatic rings. The van der Waals surface area contributed by atoms with Gasteiger partial charge >= 0.3 is 6.09 Å². The maximum absolute atomic E-state index is 12.5. The van der Waals surface area contributed by atoms with Crippen molar-refractivity contribution in [3.8, 4) is 0 Å². The van der Waals surface area contributed by atoms with Gasteiger partial charge in [0.25, 0.3) is 10.0 Å². The minimum atomic E-state index is -3.49. The number of sulfonamides is 1. The fourth-order valence-corrected chi connectivity index (χ4v) is 5.87. The molecule has 1 fully saturated rings. The summed E-state index contributed by atoms with van der Waals surface area (Å²) in [6, 6.07) is 3.10. The number of halogens is 1. The second-order valence-electron chi connectivity index (χ2n) is 4.63. The highest BCUT2D eigenvalue weighted by Gasteiger charge is 2.31. The van der Waals surface area contributed by atoms with Crippen molar-refractivity contribution in [1.82, 2.24) is 9.62 Å². The summed E-state index contributed by atoms with van der Waals surface area (Å²) in [5.41, 5.74) is 0. The molecule has 1 saturated heterocycles. The average molecular weight is 397 g/mol. The molecule has 2 rings (SSSR count). The van der Waals surface area contributed by atoms with E-state index >= 15 is 0 Å². The van der Waals surface area contributed by atoms with Gasteiger partial charge in [-0.15, -0.1) is 11.3 Å². The normalized spacial score (nSPS) is 20.2. The van der Waals surface area contributed by atoms with Crippen LogP contribution in [0.1, 0.15) is 19.8 Å². The SMILES string of the molecule is CCOC(=O)NC1CCCN(S(=O)(=O)c2ccc(Br)s2)C1. The van der Waals surface area contributed by atoms with Crippen LogP contribution in [0.25, 0.3) is 0 Å². The number of alkyl carbamates (subject to hydrolysis) is 1. The summed E-state index contributed by atoms with van der Waals surface area (Å²) >= 11 is 4.46. The molecule has 1 aromatic heterocycles. The van der Waals surface area contributed by atoms with Crippen LogP contribution >= 0.6 is 27.3 Å². The van der Waals surface area contributed by atoms with E-state index in [1.165, 1.54) is 15.6 Å². The van der Waals surface area contributed by atoms with E-state index in [0.717, 1.165) is 10.2 Å². The molecule has 1 aliphatic heterocycles. The molecule has 118 valence electrons. The van der Waals surface area contributed by atoms with Crippen molar-refractivity contribution in [2.45, 2.75) is 30.0 Å². The summed E-state index contributed by atoms with van der Waals surface area (Å²) in [4.78, 5) is 11.4. The van der Waals surface area contributed by atoms with Crippen molar-refractivity contribution in [2.75, 3.05) is 19.7 Å². The molecule has 1 unspecified atom stereocenters. The Morgan fingerprint density at radius 1 is 1.57 bits per heavy atom. The zero-order chi connectivity index (χ0) is 15.5. The first-order valence-electron chi connectivity index (χ1n) is 6.62. The second-order valence-corrected chi connectivity index (χ2v) is 9.25. The molecule has 0 radical (unpaired) electrons. The first-order valence-corrected chi connectivity index (χ1v) is 9.67. The number of ether oxygens (including phenoxy) is 1. The van der Waals surface area contributed by atoms with Crippen LogP contribution in [0.3, 0.4) is 0 Å². The van der Waals surface area contributed by atoms with E-state index < -0.39 is 16.1 Å². The Kier molecular flexibility index (Phi) is 5.64. The Hall–Kier alpha value is -0.640. The molecular formula is C12H17BrN2O4S2. The molecule has 1 amide bonds. The van der Waals surface area contributed by atoms with Gasteiger partial charge in [-0.2, -0.15) is 4.31 Å². The molecule has 0 aromatic carbocycles. The van der Waals surface area contributed by atoms with Crippen LogP contribution in [0, 0.1) is 0 Å². The Morgan fingerprint density at radius 2 is 2.33 bits per heavy atom. The predicted octanol–water partition coefficient (Wildman–Crippen LogP) is 2.41. The summed E-state index contributed by atoms with van der Waals surface area (Å²) in [6.07, 6.45) is 0.961. The molecule has 1 atom stereocenters. The van der Waals surface area contributed by atoms with Crippen LogP contribution in [-0.4, -0.2) is 44.6 Å². The van der Waals surface area contributed by atoms with Crippen molar-refractivity contribution < 1.29 is 17.9 Å². The van der Waals surface area contributed by atoms with Crippen LogP contribution < -0.4 is 5.32 Å². The molecule has 1 aromatic rings. The number of nitrogens with one attached hydrogen (secondary N) is 1. The molecule has 21 heavy (non-hydrogen) atoms. The van der Waals surface area contributed by atoms with Crippen LogP contribution in [0.15, 0.2) is 20.1 Å². The highest BCUT2D eigenvalue weighted by molar-refractivity contribution is 9.11. The number of nitrogens with zero attached hydrogens (tertiary/aromatic N) is 1. The van der Waals surface area contributed by atoms with Gasteiger partial charge in [0.1, 0.15) is 4.21 Å². The van der Waals surface area contributed by atoms with Gasteiger partial charge in [0.15, 0.2) is 0 Å². The topological polar surface area (TPSA) is 75.7 Å². The molecule has 0 spiro atoms. The molecular weight excluding hydrogens is 380 g/mol. The molecule has 0 aliphatic carbocycles. The van der Waals surface area contributed by atoms with Crippen LogP contribution in [0.2, 0.25) is 0 Å². The number of carbonyl (C=O) groups excluding carboxylic acids is 1. The summed E-state index contributed by atoms with van der Waals surface area (Å²) < 4.78 is 32.4. The fraction of sp³-hybridized carbons (Fsp3) is 0.583. The number of hydrogen-bond donors (Lipinski definition) is 1. The van der Waals surface area contributed by atoms with E-state index in [2.05, 4.69) is 21.2 Å². The van der Waals surface area contributed by atoms with Gasteiger partial charge in [-0.3, -0.25) is 0 Å². The third-order valence-electron chi connectivity index (χ3n) is 3.12. The minimum absolute atomic E-state index is 0.212. The van der Waals surface area contributed by atoms with Gasteiger partial charge in [-0.05, 0) is 47.8 Å². The summed E-state index contributed by atoms with van der Waals surface area (Å²) in [5.74, 6) is 0. The minimum Gasteiger partial charge on any atom is -0.450 e. The van der Waals surface area contributed by atoms with E-state index in [0.29, 0.717) is 23.8 Å². The zero-order valence-corrected chi connectivity index (χ0v) is 14.8. The molecule has 1 N–H and O–H groups in total. The van der Waals surface area contributed by atoms with E-state index in [9.17, 15) is 13.2 Å². The van der Waals surface area contributed by atoms with Gasteiger partial charge in [-0.25, -0.2) is 13.2 Å². The number of amides is 1. The summed E-state index contributed by atoms with van der Waals surface area (Å²) in [5, 5.41) is 2.71. The number of rotatable bonds is 4. The molecule has 0 saturated carbocycles. The smallest absolute Gasteiger partial charge is 0.407 e. The predicted molar refractivity (Wildman–Crippen MR) is 84.0 cm³/mol. The van der Waals surface area contributed by atoms with Crippen molar-refractivity contribution in [2.24, 2.45) is 0 Å². The Morgan fingerprint density at radius 3 is 2.95 bits per heavy atom. The van der Waals surface area contributed by atoms with Gasteiger partial charge in [-0.1, -0.05) is 0 Å². The maximum Gasteiger partial charge on any atom is 0.407 e. The summed E-state index contributed by atoms with van der Waals surface area (Å²) in [6.45, 7) is 2.77. The largest absolute Gasteiger partial charge is 0.450 e. The highest BCUT2D eigenvalue weighted by atomic mass is 79.9. The standard InChI is InChI=1S/C12H17BrN2O4S2/c1-2-19-12(16)14-9-4-3-7-15(8-9)21(17,18)11-6-5-10(13)20-11/h5-6,9H,2-4,7-8H2,1H3,(H,14,16). The Bertz CT molecular complexity index is 602. The Balaban J connectivity index is 2.05. The lowest BCUT2D eigenvalue weighted by Gasteiger charge is -2.31. The zero-order valence-electron chi connectivity index (χ0n) is 11.5. The number of carbonyl (C=O) groups is 1. The van der Waals surface area contributed by atoms with Gasteiger partial charge < -0.3 is 10.1 Å². The van der Waals surface area contributed by atoms with E-state index in [1.807, 2.05) is 0 Å². The van der Waals surface area contributed by atoms with E-state index in [4.69, 9.17) is 4.74 Å². The monoisotopic (exact) mass is 396 g/mol. The number of piperidine rings is 1. The number of thiophene rings is 1. The molecule has 2 heterocycles. The lowest BCUT2D eigenvalue weighted by molar-refractivity contribution is 0.142. The maximum atomic E-state index is 12.5. The van der Waals surface area contributed by atoms with E-state index in [-0.39, 0.29) is 12.6 Å². The third kappa shape index (κ3) is 4.18. The fourth-order valence-electron chi connectivity index (χ4n) is 2.18. The van der Waals surface area contributed by atoms with Gasteiger partial charge in [0.2, 0.25) is 0 Å². The van der Waals surface area contributed by atoms with E-state index in [1.54, 1.807) is 19.1 Å². The van der Waals surface area contributed by atoms with Gasteiger partial charge in [0.05, 0.1) is 10.4 Å². The summed E-state index contributed by atoms with van der Waals surface area (Å²) in [7, 11) is -3.49. The first-order chi connectivity index (χ1) is 9.93. The lowest BCUT2D eigenvalue weighted by Crippen LogP contribution is -2.49. The molecule has 9 heteroatoms. The van der Waals surface area contributed by atoms with Crippen LogP contribution in [0.5, 0.6) is 0 Å². The first kappa shape index (κ1) is 16.7. The quantitative estimate of drug-likeness (QED) is 0.847. The lowest BCUT2D eigenvalue weighted by atomic mass is 10.1. The van der Waals surface area contributed by atoms with Crippen LogP contribution in [-0.2, 0) is 14.8 Å². The second kappa shape index (κ2) is 7.08. The highest BCUT2D eigenvalue weighted by Crippen LogP contribution is 2.29. The van der Waals surface area contributed by atoms with Gasteiger partial charge in [0, 0.05) is 19.1 Å². The van der Waals surface area contributed by atoms with Crippen molar-refractivity contribution in [3.63, 3.8) is 0 Å². The Labute approximate surface area is 136 Å². The van der Waals surface area contributed by atoms with Crippen molar-refractivity contribution >= 4 is 43.4 Å². The van der Waals surface area contributed by atoms with Crippen LogP contribution in [0.4, 0.5) is 4.79 Å². The third-order valence-corrected chi connectivity index (χ3v) is 7.08. The molecule has 6 nitrogen and oxygen atoms in total. The molecule has 0 bridgehead atoms.